The van der Waals surface area contributed by atoms with Crippen molar-refractivity contribution in [2.75, 3.05) is 17.6 Å². The van der Waals surface area contributed by atoms with Crippen LogP contribution in [-0.2, 0) is 5.41 Å². The van der Waals surface area contributed by atoms with Gasteiger partial charge in [0.15, 0.2) is 0 Å². The van der Waals surface area contributed by atoms with Crippen LogP contribution < -0.4 is 11.1 Å². The molecule has 0 unspecified atom stereocenters. The average molecular weight is 390 g/mol. The summed E-state index contributed by atoms with van der Waals surface area (Å²) in [7, 11) is 0. The van der Waals surface area contributed by atoms with Crippen molar-refractivity contribution >= 4 is 45.3 Å². The molecule has 19 heavy (non-hydrogen) atoms. The lowest BCUT2D eigenvalue weighted by atomic mass is 9.91. The quantitative estimate of drug-likeness (QED) is 0.598. The first-order valence-electron chi connectivity index (χ1n) is 5.92. The molecule has 0 atom stereocenters. The molecule has 2 aromatic rings. The van der Waals surface area contributed by atoms with Crippen LogP contribution in [0.3, 0.4) is 0 Å². The summed E-state index contributed by atoms with van der Waals surface area (Å²) in [5.41, 5.74) is 7.12. The molecule has 1 aromatic heterocycles. The molecule has 2 rings (SSSR count). The molecule has 0 aliphatic rings. The van der Waals surface area contributed by atoms with E-state index in [-0.39, 0.29) is 11.2 Å². The van der Waals surface area contributed by atoms with Gasteiger partial charge in [-0.15, -0.1) is 11.3 Å². The van der Waals surface area contributed by atoms with Crippen LogP contribution in [0.1, 0.15) is 18.7 Å². The van der Waals surface area contributed by atoms with Crippen molar-refractivity contribution in [3.05, 3.63) is 43.9 Å². The Labute approximate surface area is 130 Å². The minimum atomic E-state index is -0.244. The van der Waals surface area contributed by atoms with Gasteiger partial charge in [-0.3, -0.25) is 0 Å². The second-order valence-corrected chi connectivity index (χ2v) is 7.18. The number of anilines is 2. The molecule has 102 valence electrons. The molecular weight excluding hydrogens is 374 g/mol. The average Bonchev–Trinajstić information content (AvgIpc) is 2.86. The van der Waals surface area contributed by atoms with Gasteiger partial charge in [-0.25, -0.2) is 4.39 Å². The van der Waals surface area contributed by atoms with Crippen molar-refractivity contribution in [3.8, 4) is 0 Å². The highest BCUT2D eigenvalue weighted by Crippen LogP contribution is 2.30. The predicted octanol–water partition coefficient (Wildman–Crippen LogP) is 4.46. The molecule has 2 nitrogen and oxygen atoms in total. The van der Waals surface area contributed by atoms with E-state index < -0.39 is 0 Å². The van der Waals surface area contributed by atoms with Gasteiger partial charge in [0.05, 0.1) is 14.9 Å². The zero-order valence-corrected chi connectivity index (χ0v) is 13.8. The van der Waals surface area contributed by atoms with Gasteiger partial charge < -0.3 is 11.1 Å². The lowest BCUT2D eigenvalue weighted by molar-refractivity contribution is 0.568. The van der Waals surface area contributed by atoms with Crippen LogP contribution in [0.2, 0.25) is 0 Å². The van der Waals surface area contributed by atoms with Gasteiger partial charge in [-0.05, 0) is 40.1 Å². The molecule has 5 heteroatoms. The highest BCUT2D eigenvalue weighted by Gasteiger charge is 2.21. The Kier molecular flexibility index (Phi) is 4.35. The third-order valence-corrected chi connectivity index (χ3v) is 5.06. The van der Waals surface area contributed by atoms with Gasteiger partial charge in [-0.1, -0.05) is 19.9 Å². The Morgan fingerprint density at radius 3 is 2.79 bits per heavy atom. The van der Waals surface area contributed by atoms with Crippen molar-refractivity contribution in [1.29, 1.82) is 0 Å². The minimum absolute atomic E-state index is 0.0138. The number of nitrogen functional groups attached to an aromatic ring is 1. The van der Waals surface area contributed by atoms with E-state index in [1.165, 1.54) is 10.9 Å². The predicted molar refractivity (Wildman–Crippen MR) is 89.4 cm³/mol. The van der Waals surface area contributed by atoms with E-state index in [1.54, 1.807) is 17.4 Å². The van der Waals surface area contributed by atoms with E-state index >= 15 is 0 Å². The normalized spacial score (nSPS) is 11.6. The van der Waals surface area contributed by atoms with E-state index in [4.69, 9.17) is 5.73 Å². The Bertz CT molecular complexity index is 567. The molecule has 0 amide bonds. The van der Waals surface area contributed by atoms with Crippen LogP contribution in [0.5, 0.6) is 0 Å². The zero-order valence-electron chi connectivity index (χ0n) is 10.8. The number of hydrogen-bond acceptors (Lipinski definition) is 3. The number of halogens is 2. The van der Waals surface area contributed by atoms with Gasteiger partial charge in [0.2, 0.25) is 0 Å². The van der Waals surface area contributed by atoms with Crippen LogP contribution in [0, 0.1) is 9.39 Å². The van der Waals surface area contributed by atoms with E-state index in [0.717, 1.165) is 0 Å². The topological polar surface area (TPSA) is 38.0 Å². The number of benzene rings is 1. The fourth-order valence-electron chi connectivity index (χ4n) is 1.78. The molecule has 0 saturated carbocycles. The second-order valence-electron chi connectivity index (χ2n) is 5.07. The van der Waals surface area contributed by atoms with Crippen molar-refractivity contribution in [1.82, 2.24) is 0 Å². The highest BCUT2D eigenvalue weighted by atomic mass is 127. The maximum absolute atomic E-state index is 13.6. The lowest BCUT2D eigenvalue weighted by Crippen LogP contribution is -2.26. The van der Waals surface area contributed by atoms with Gasteiger partial charge in [0.1, 0.15) is 5.82 Å². The first kappa shape index (κ1) is 14.6. The van der Waals surface area contributed by atoms with E-state index in [2.05, 4.69) is 30.6 Å². The summed E-state index contributed by atoms with van der Waals surface area (Å²) in [5.74, 6) is -0.244. The van der Waals surface area contributed by atoms with Gasteiger partial charge >= 0.3 is 0 Å². The molecule has 0 fully saturated rings. The van der Waals surface area contributed by atoms with Crippen LogP contribution in [-0.4, -0.2) is 6.54 Å². The maximum atomic E-state index is 13.6. The Morgan fingerprint density at radius 2 is 2.16 bits per heavy atom. The Balaban J connectivity index is 2.13. The van der Waals surface area contributed by atoms with E-state index in [9.17, 15) is 4.39 Å². The van der Waals surface area contributed by atoms with E-state index in [0.29, 0.717) is 21.5 Å². The molecule has 0 bridgehead atoms. The number of hydrogen-bond donors (Lipinski definition) is 2. The standard InChI is InChI=1S/C14H16FIN2S/c1-14(2,13-4-3-5-19-13)8-18-12-6-9(15)10(16)7-11(12)17/h3-7,18H,8,17H2,1-2H3. The first-order valence-corrected chi connectivity index (χ1v) is 7.88. The summed E-state index contributed by atoms with van der Waals surface area (Å²) in [5, 5.41) is 5.31. The number of nitrogens with two attached hydrogens (primary N) is 1. The Morgan fingerprint density at radius 1 is 1.42 bits per heavy atom. The summed E-state index contributed by atoms with van der Waals surface area (Å²) in [6.07, 6.45) is 0. The van der Waals surface area contributed by atoms with Crippen LogP contribution in [0.25, 0.3) is 0 Å². The molecule has 3 N–H and O–H groups in total. The smallest absolute Gasteiger partial charge is 0.138 e. The number of rotatable bonds is 4. The fraction of sp³-hybridized carbons (Fsp3) is 0.286. The Hall–Kier alpha value is -0.820. The summed E-state index contributed by atoms with van der Waals surface area (Å²) in [6.45, 7) is 5.02. The second kappa shape index (κ2) is 5.66. The first-order chi connectivity index (χ1) is 8.90. The van der Waals surface area contributed by atoms with Crippen LogP contribution in [0.15, 0.2) is 29.6 Å². The fourth-order valence-corrected chi connectivity index (χ4v) is 3.13. The van der Waals surface area contributed by atoms with Crippen LogP contribution >= 0.6 is 33.9 Å². The van der Waals surface area contributed by atoms with Crippen molar-refractivity contribution in [2.45, 2.75) is 19.3 Å². The molecule has 1 aromatic carbocycles. The molecular formula is C14H16FIN2S. The molecule has 0 aliphatic carbocycles. The number of nitrogens with one attached hydrogen (secondary N) is 1. The summed E-state index contributed by atoms with van der Waals surface area (Å²) < 4.78 is 14.1. The van der Waals surface area contributed by atoms with Crippen molar-refractivity contribution < 1.29 is 4.39 Å². The molecule has 0 spiro atoms. The number of thiophene rings is 1. The monoisotopic (exact) mass is 390 g/mol. The minimum Gasteiger partial charge on any atom is -0.397 e. The SMILES string of the molecule is CC(C)(CNc1cc(F)c(I)cc1N)c1cccs1. The molecule has 1 heterocycles. The van der Waals surface area contributed by atoms with E-state index in [1.807, 2.05) is 28.7 Å². The summed E-state index contributed by atoms with van der Waals surface area (Å²) in [4.78, 5) is 1.30. The van der Waals surface area contributed by atoms with Crippen molar-refractivity contribution in [2.24, 2.45) is 0 Å². The zero-order chi connectivity index (χ0) is 14.0. The maximum Gasteiger partial charge on any atom is 0.138 e. The molecule has 0 aliphatic heterocycles. The van der Waals surface area contributed by atoms with Gasteiger partial charge in [0, 0.05) is 22.9 Å². The van der Waals surface area contributed by atoms with Gasteiger partial charge in [0.25, 0.3) is 0 Å². The summed E-state index contributed by atoms with van der Waals surface area (Å²) >= 11 is 3.67. The third-order valence-electron chi connectivity index (χ3n) is 3.00. The highest BCUT2D eigenvalue weighted by molar-refractivity contribution is 14.1. The molecule has 0 radical (unpaired) electrons. The molecule has 0 saturated heterocycles. The van der Waals surface area contributed by atoms with Crippen molar-refractivity contribution in [3.63, 3.8) is 0 Å². The third kappa shape index (κ3) is 3.39. The van der Waals surface area contributed by atoms with Gasteiger partial charge in [-0.2, -0.15) is 0 Å². The lowest BCUT2D eigenvalue weighted by Gasteiger charge is -2.25. The largest absolute Gasteiger partial charge is 0.397 e. The van der Waals surface area contributed by atoms with Crippen LogP contribution in [0.4, 0.5) is 15.8 Å². The summed E-state index contributed by atoms with van der Waals surface area (Å²) in [6, 6.07) is 7.27.